The summed E-state index contributed by atoms with van der Waals surface area (Å²) in [6.07, 6.45) is 2.27. The largest absolute Gasteiger partial charge is 0.364 e. The molecule has 1 heterocycles. The maximum atomic E-state index is 11.8. The second-order valence-electron chi connectivity index (χ2n) is 4.99. The van der Waals surface area contributed by atoms with E-state index in [1.807, 2.05) is 0 Å². The van der Waals surface area contributed by atoms with Crippen molar-refractivity contribution >= 4 is 5.91 Å². The van der Waals surface area contributed by atoms with Crippen molar-refractivity contribution in [2.24, 2.45) is 11.7 Å². The van der Waals surface area contributed by atoms with Gasteiger partial charge in [-0.2, -0.15) is 0 Å². The van der Waals surface area contributed by atoms with E-state index in [0.717, 1.165) is 12.1 Å². The number of rotatable bonds is 5. The molecule has 1 aromatic rings. The Morgan fingerprint density at radius 2 is 2.17 bits per heavy atom. The smallest absolute Gasteiger partial charge is 0.256 e. The van der Waals surface area contributed by atoms with Gasteiger partial charge in [0.25, 0.3) is 5.91 Å². The summed E-state index contributed by atoms with van der Waals surface area (Å²) in [6, 6.07) is 1.32. The molecule has 5 nitrogen and oxygen atoms in total. The Bertz CT molecular complexity index is 466. The molecule has 0 fully saturated rings. The van der Waals surface area contributed by atoms with Gasteiger partial charge in [0.05, 0.1) is 0 Å². The highest BCUT2D eigenvalue weighted by molar-refractivity contribution is 5.93. The fourth-order valence-corrected chi connectivity index (χ4v) is 1.76. The number of aryl methyl sites for hydroxylation is 1. The fraction of sp³-hybridized carbons (Fsp3) is 0.538. The first-order valence-electron chi connectivity index (χ1n) is 6.13. The maximum Gasteiger partial charge on any atom is 0.256 e. The highest BCUT2D eigenvalue weighted by Gasteiger charge is 2.12. The SMILES string of the molecule is Cc1cc(=O)c(C(=O)NCC(N)CC(C)C)c[nH]1. The Balaban J connectivity index is 2.58. The molecule has 1 aromatic heterocycles. The molecule has 5 heteroatoms. The van der Waals surface area contributed by atoms with Crippen LogP contribution < -0.4 is 16.5 Å². The van der Waals surface area contributed by atoms with E-state index in [1.165, 1.54) is 12.3 Å². The van der Waals surface area contributed by atoms with E-state index in [2.05, 4.69) is 24.1 Å². The number of hydrogen-bond donors (Lipinski definition) is 3. The van der Waals surface area contributed by atoms with Crippen LogP contribution in [0.15, 0.2) is 17.1 Å². The van der Waals surface area contributed by atoms with E-state index in [0.29, 0.717) is 12.5 Å². The molecule has 0 bridgehead atoms. The summed E-state index contributed by atoms with van der Waals surface area (Å²) in [4.78, 5) is 26.2. The summed E-state index contributed by atoms with van der Waals surface area (Å²) in [5.41, 5.74) is 6.44. The van der Waals surface area contributed by atoms with E-state index < -0.39 is 0 Å². The Kier molecular flexibility index (Phi) is 5.09. The number of pyridine rings is 1. The van der Waals surface area contributed by atoms with Crippen molar-refractivity contribution in [3.8, 4) is 0 Å². The maximum absolute atomic E-state index is 11.8. The van der Waals surface area contributed by atoms with Gasteiger partial charge >= 0.3 is 0 Å². The minimum atomic E-state index is -0.379. The Morgan fingerprint density at radius 1 is 1.50 bits per heavy atom. The van der Waals surface area contributed by atoms with Gasteiger partial charge in [0.2, 0.25) is 0 Å². The standard InChI is InChI=1S/C13H21N3O2/c1-8(2)4-10(14)6-16-13(18)11-7-15-9(3)5-12(11)17/h5,7-8,10H,4,6,14H2,1-3H3,(H,15,17)(H,16,18). The van der Waals surface area contributed by atoms with Crippen LogP contribution in [0.3, 0.4) is 0 Å². The number of aromatic amines is 1. The monoisotopic (exact) mass is 251 g/mol. The summed E-state index contributed by atoms with van der Waals surface area (Å²) >= 11 is 0. The van der Waals surface area contributed by atoms with E-state index in [-0.39, 0.29) is 22.9 Å². The Labute approximate surface area is 107 Å². The number of nitrogens with one attached hydrogen (secondary N) is 2. The summed E-state index contributed by atoms with van der Waals surface area (Å²) in [6.45, 7) is 6.30. The van der Waals surface area contributed by atoms with Crippen molar-refractivity contribution in [1.29, 1.82) is 0 Å². The molecule has 0 aliphatic carbocycles. The van der Waals surface area contributed by atoms with Crippen LogP contribution >= 0.6 is 0 Å². The number of carbonyl (C=O) groups excluding carboxylic acids is 1. The molecule has 1 unspecified atom stereocenters. The van der Waals surface area contributed by atoms with Crippen LogP contribution in [0.1, 0.15) is 36.3 Å². The average Bonchev–Trinajstić information content (AvgIpc) is 2.25. The lowest BCUT2D eigenvalue weighted by Gasteiger charge is -2.14. The highest BCUT2D eigenvalue weighted by Crippen LogP contribution is 2.01. The van der Waals surface area contributed by atoms with Crippen molar-refractivity contribution in [3.05, 3.63) is 33.7 Å². The van der Waals surface area contributed by atoms with Gasteiger partial charge in [-0.3, -0.25) is 9.59 Å². The topological polar surface area (TPSA) is 88.0 Å². The number of carbonyl (C=O) groups is 1. The van der Waals surface area contributed by atoms with Gasteiger partial charge in [0.15, 0.2) is 5.43 Å². The van der Waals surface area contributed by atoms with Crippen molar-refractivity contribution < 1.29 is 4.79 Å². The third-order valence-corrected chi connectivity index (χ3v) is 2.60. The third kappa shape index (κ3) is 4.33. The molecule has 0 saturated heterocycles. The quantitative estimate of drug-likeness (QED) is 0.722. The minimum absolute atomic E-state index is 0.0847. The number of hydrogen-bond acceptors (Lipinski definition) is 3. The summed E-state index contributed by atoms with van der Waals surface area (Å²) < 4.78 is 0. The van der Waals surface area contributed by atoms with Crippen LogP contribution in [-0.2, 0) is 0 Å². The van der Waals surface area contributed by atoms with Crippen LogP contribution in [0.5, 0.6) is 0 Å². The zero-order chi connectivity index (χ0) is 13.7. The van der Waals surface area contributed by atoms with Gasteiger partial charge in [-0.1, -0.05) is 13.8 Å². The van der Waals surface area contributed by atoms with E-state index >= 15 is 0 Å². The molecule has 100 valence electrons. The number of aromatic nitrogens is 1. The molecule has 1 atom stereocenters. The lowest BCUT2D eigenvalue weighted by Crippen LogP contribution is -2.39. The van der Waals surface area contributed by atoms with Crippen LogP contribution in [0.4, 0.5) is 0 Å². The molecule has 0 aromatic carbocycles. The lowest BCUT2D eigenvalue weighted by atomic mass is 10.0. The molecular formula is C13H21N3O2. The summed E-state index contributed by atoms with van der Waals surface area (Å²) in [7, 11) is 0. The zero-order valence-electron chi connectivity index (χ0n) is 11.1. The van der Waals surface area contributed by atoms with E-state index in [4.69, 9.17) is 5.73 Å². The van der Waals surface area contributed by atoms with Crippen molar-refractivity contribution in [2.75, 3.05) is 6.54 Å². The fourth-order valence-electron chi connectivity index (χ4n) is 1.76. The van der Waals surface area contributed by atoms with Crippen molar-refractivity contribution in [3.63, 3.8) is 0 Å². The third-order valence-electron chi connectivity index (χ3n) is 2.60. The van der Waals surface area contributed by atoms with Gasteiger partial charge in [-0.05, 0) is 19.3 Å². The van der Waals surface area contributed by atoms with E-state index in [1.54, 1.807) is 6.92 Å². The Morgan fingerprint density at radius 3 is 2.72 bits per heavy atom. The number of amides is 1. The van der Waals surface area contributed by atoms with Gasteiger partial charge in [0.1, 0.15) is 5.56 Å². The zero-order valence-corrected chi connectivity index (χ0v) is 11.1. The average molecular weight is 251 g/mol. The molecule has 0 spiro atoms. The predicted octanol–water partition coefficient (Wildman–Crippen LogP) is 0.787. The second-order valence-corrected chi connectivity index (χ2v) is 4.99. The summed E-state index contributed by atoms with van der Waals surface area (Å²) in [5, 5.41) is 2.68. The predicted molar refractivity (Wildman–Crippen MR) is 71.6 cm³/mol. The first-order chi connectivity index (χ1) is 8.40. The van der Waals surface area contributed by atoms with Gasteiger partial charge < -0.3 is 16.0 Å². The van der Waals surface area contributed by atoms with E-state index in [9.17, 15) is 9.59 Å². The van der Waals surface area contributed by atoms with Crippen LogP contribution in [0.2, 0.25) is 0 Å². The van der Waals surface area contributed by atoms with Gasteiger partial charge in [0, 0.05) is 30.5 Å². The first-order valence-corrected chi connectivity index (χ1v) is 6.13. The van der Waals surface area contributed by atoms with Crippen LogP contribution in [0, 0.1) is 12.8 Å². The first kappa shape index (κ1) is 14.4. The van der Waals surface area contributed by atoms with Gasteiger partial charge in [-0.15, -0.1) is 0 Å². The van der Waals surface area contributed by atoms with Crippen molar-refractivity contribution in [2.45, 2.75) is 33.2 Å². The Hall–Kier alpha value is -1.62. The molecule has 0 radical (unpaired) electrons. The van der Waals surface area contributed by atoms with Crippen molar-refractivity contribution in [1.82, 2.24) is 10.3 Å². The minimum Gasteiger partial charge on any atom is -0.364 e. The van der Waals surface area contributed by atoms with Crippen LogP contribution in [0.25, 0.3) is 0 Å². The molecule has 18 heavy (non-hydrogen) atoms. The normalized spacial score (nSPS) is 12.5. The lowest BCUT2D eigenvalue weighted by molar-refractivity contribution is 0.0948. The molecule has 1 amide bonds. The number of nitrogens with two attached hydrogens (primary N) is 1. The highest BCUT2D eigenvalue weighted by atomic mass is 16.2. The molecular weight excluding hydrogens is 230 g/mol. The molecule has 4 N–H and O–H groups in total. The number of H-pyrrole nitrogens is 1. The molecule has 1 rings (SSSR count). The van der Waals surface area contributed by atoms with Gasteiger partial charge in [-0.25, -0.2) is 0 Å². The van der Waals surface area contributed by atoms with Crippen LogP contribution in [-0.4, -0.2) is 23.5 Å². The molecule has 0 saturated carbocycles. The molecule has 0 aliphatic rings. The second kappa shape index (κ2) is 6.35. The molecule has 0 aliphatic heterocycles. The summed E-state index contributed by atoms with van der Waals surface area (Å²) in [5.74, 6) is 0.107.